The van der Waals surface area contributed by atoms with Gasteiger partial charge in [0.1, 0.15) is 0 Å². The molecule has 1 aromatic heterocycles. The van der Waals surface area contributed by atoms with E-state index in [1.807, 2.05) is 22.8 Å². The van der Waals surface area contributed by atoms with Crippen LogP contribution in [0.15, 0.2) is 18.3 Å². The number of fused-ring (bicyclic) bond motifs is 1. The van der Waals surface area contributed by atoms with Gasteiger partial charge >= 0.3 is 0 Å². The smallest absolute Gasteiger partial charge is 0.230 e. The molecule has 24 heavy (non-hydrogen) atoms. The van der Waals surface area contributed by atoms with Crippen LogP contribution in [0.3, 0.4) is 0 Å². The van der Waals surface area contributed by atoms with E-state index in [-0.39, 0.29) is 11.8 Å². The molecule has 2 atom stereocenters. The Kier molecular flexibility index (Phi) is 5.72. The van der Waals surface area contributed by atoms with Crippen LogP contribution in [0.2, 0.25) is 0 Å². The molecule has 0 fully saturated rings. The van der Waals surface area contributed by atoms with Crippen LogP contribution in [-0.2, 0) is 23.0 Å². The molecule has 0 bridgehead atoms. The quantitative estimate of drug-likeness (QED) is 0.753. The number of aryl methyl sites for hydroxylation is 2. The van der Waals surface area contributed by atoms with Crippen LogP contribution < -0.4 is 0 Å². The zero-order valence-electron chi connectivity index (χ0n) is 14.9. The molecule has 1 heterocycles. The van der Waals surface area contributed by atoms with Gasteiger partial charge in [-0.05, 0) is 44.4 Å². The maximum atomic E-state index is 13.3. The number of carbonyl (C=O) groups is 1. The molecule has 0 aromatic carbocycles. The van der Waals surface area contributed by atoms with Gasteiger partial charge in [-0.2, -0.15) is 5.10 Å². The normalized spacial score (nSPS) is 23.1. The van der Waals surface area contributed by atoms with Gasteiger partial charge in [-0.1, -0.05) is 12.2 Å². The van der Waals surface area contributed by atoms with Crippen molar-refractivity contribution < 1.29 is 9.53 Å². The average molecular weight is 331 g/mol. The first kappa shape index (κ1) is 17.2. The van der Waals surface area contributed by atoms with Gasteiger partial charge in [0.25, 0.3) is 0 Å². The Morgan fingerprint density at radius 1 is 1.42 bits per heavy atom. The molecule has 0 N–H and O–H groups in total. The molecular formula is C19H29N3O2. The molecule has 2 aliphatic carbocycles. The van der Waals surface area contributed by atoms with Crippen LogP contribution in [-0.4, -0.2) is 47.4 Å². The molecule has 3 rings (SSSR count). The molecule has 1 amide bonds. The Balaban J connectivity index is 1.74. The van der Waals surface area contributed by atoms with Crippen molar-refractivity contribution in [2.45, 2.75) is 44.4 Å². The van der Waals surface area contributed by atoms with Crippen molar-refractivity contribution in [3.05, 3.63) is 29.6 Å². The molecule has 0 spiro atoms. The van der Waals surface area contributed by atoms with Gasteiger partial charge in [-0.15, -0.1) is 0 Å². The highest BCUT2D eigenvalue weighted by Crippen LogP contribution is 2.33. The van der Waals surface area contributed by atoms with Gasteiger partial charge < -0.3 is 9.64 Å². The van der Waals surface area contributed by atoms with Gasteiger partial charge in [-0.25, -0.2) is 0 Å². The van der Waals surface area contributed by atoms with Gasteiger partial charge in [0.15, 0.2) is 0 Å². The molecule has 2 aliphatic rings. The van der Waals surface area contributed by atoms with E-state index in [9.17, 15) is 4.79 Å². The standard InChI is InChI=1S/C19H29N3O2/c1-21-14-17-16(9-6-10-18(17)20-21)19(23)22(11-12-24-2)13-15-7-4-3-5-8-15/h3-4,14-16H,5-13H2,1-2H3. The summed E-state index contributed by atoms with van der Waals surface area (Å²) in [6.45, 7) is 2.13. The lowest BCUT2D eigenvalue weighted by Crippen LogP contribution is -2.41. The fourth-order valence-corrected chi connectivity index (χ4v) is 3.97. The first-order valence-corrected chi connectivity index (χ1v) is 9.14. The summed E-state index contributed by atoms with van der Waals surface area (Å²) in [6.07, 6.45) is 12.9. The molecule has 132 valence electrons. The molecule has 0 saturated heterocycles. The molecule has 5 heteroatoms. The van der Waals surface area contributed by atoms with E-state index < -0.39 is 0 Å². The van der Waals surface area contributed by atoms with E-state index in [4.69, 9.17) is 4.74 Å². The van der Waals surface area contributed by atoms with Crippen molar-refractivity contribution in [2.75, 3.05) is 26.8 Å². The maximum Gasteiger partial charge on any atom is 0.230 e. The summed E-state index contributed by atoms with van der Waals surface area (Å²) in [5.41, 5.74) is 2.24. The van der Waals surface area contributed by atoms with E-state index in [1.165, 1.54) is 6.42 Å². The van der Waals surface area contributed by atoms with Crippen molar-refractivity contribution in [1.29, 1.82) is 0 Å². The Morgan fingerprint density at radius 2 is 2.29 bits per heavy atom. The third-order valence-electron chi connectivity index (χ3n) is 5.25. The average Bonchev–Trinajstić information content (AvgIpc) is 2.99. The predicted molar refractivity (Wildman–Crippen MR) is 93.8 cm³/mol. The van der Waals surface area contributed by atoms with Crippen molar-refractivity contribution in [3.8, 4) is 0 Å². The summed E-state index contributed by atoms with van der Waals surface area (Å²) < 4.78 is 7.10. The summed E-state index contributed by atoms with van der Waals surface area (Å²) >= 11 is 0. The number of nitrogens with zero attached hydrogens (tertiary/aromatic N) is 3. The highest BCUT2D eigenvalue weighted by molar-refractivity contribution is 5.84. The second kappa shape index (κ2) is 7.97. The highest BCUT2D eigenvalue weighted by atomic mass is 16.5. The summed E-state index contributed by atoms with van der Waals surface area (Å²) in [5.74, 6) is 0.807. The van der Waals surface area contributed by atoms with Gasteiger partial charge in [0.05, 0.1) is 18.2 Å². The van der Waals surface area contributed by atoms with Crippen LogP contribution in [0, 0.1) is 5.92 Å². The fourth-order valence-electron chi connectivity index (χ4n) is 3.97. The highest BCUT2D eigenvalue weighted by Gasteiger charge is 2.32. The minimum Gasteiger partial charge on any atom is -0.383 e. The Morgan fingerprint density at radius 3 is 3.04 bits per heavy atom. The predicted octanol–water partition coefficient (Wildman–Crippen LogP) is 2.67. The minimum atomic E-state index is -0.0292. The molecule has 1 aromatic rings. The number of ether oxygens (including phenoxy) is 1. The summed E-state index contributed by atoms with van der Waals surface area (Å²) in [7, 11) is 3.64. The Hall–Kier alpha value is -1.62. The monoisotopic (exact) mass is 331 g/mol. The van der Waals surface area contributed by atoms with Crippen LogP contribution in [0.25, 0.3) is 0 Å². The number of rotatable bonds is 6. The topological polar surface area (TPSA) is 47.4 Å². The number of allylic oxidation sites excluding steroid dienone is 2. The van der Waals surface area contributed by atoms with E-state index in [2.05, 4.69) is 17.3 Å². The van der Waals surface area contributed by atoms with E-state index in [1.54, 1.807) is 7.11 Å². The zero-order valence-corrected chi connectivity index (χ0v) is 14.9. The molecular weight excluding hydrogens is 302 g/mol. The first-order valence-electron chi connectivity index (χ1n) is 9.14. The second-order valence-corrected chi connectivity index (χ2v) is 7.08. The van der Waals surface area contributed by atoms with E-state index >= 15 is 0 Å². The van der Waals surface area contributed by atoms with Crippen LogP contribution in [0.5, 0.6) is 0 Å². The Bertz CT molecular complexity index is 593. The van der Waals surface area contributed by atoms with Gasteiger partial charge in [0.2, 0.25) is 5.91 Å². The molecule has 5 nitrogen and oxygen atoms in total. The van der Waals surface area contributed by atoms with Crippen molar-refractivity contribution >= 4 is 5.91 Å². The summed E-state index contributed by atoms with van der Waals surface area (Å²) in [6, 6.07) is 0. The van der Waals surface area contributed by atoms with E-state index in [0.29, 0.717) is 19.1 Å². The number of hydrogen-bond acceptors (Lipinski definition) is 3. The molecule has 0 saturated carbocycles. The van der Waals surface area contributed by atoms with Crippen LogP contribution in [0.1, 0.15) is 49.3 Å². The molecule has 0 radical (unpaired) electrons. The van der Waals surface area contributed by atoms with Crippen molar-refractivity contribution in [2.24, 2.45) is 13.0 Å². The number of hydrogen-bond donors (Lipinski definition) is 0. The molecule has 2 unspecified atom stereocenters. The van der Waals surface area contributed by atoms with Gasteiger partial charge in [0, 0.05) is 39.0 Å². The fraction of sp³-hybridized carbons (Fsp3) is 0.684. The van der Waals surface area contributed by atoms with Crippen LogP contribution >= 0.6 is 0 Å². The number of amides is 1. The lowest BCUT2D eigenvalue weighted by molar-refractivity contribution is -0.134. The lowest BCUT2D eigenvalue weighted by atomic mass is 9.85. The zero-order chi connectivity index (χ0) is 16.9. The molecule has 0 aliphatic heterocycles. The first-order chi connectivity index (χ1) is 11.7. The summed E-state index contributed by atoms with van der Waals surface area (Å²) in [5, 5.41) is 4.53. The van der Waals surface area contributed by atoms with Gasteiger partial charge in [-0.3, -0.25) is 9.48 Å². The lowest BCUT2D eigenvalue weighted by Gasteiger charge is -2.32. The maximum absolute atomic E-state index is 13.3. The van der Waals surface area contributed by atoms with Crippen molar-refractivity contribution in [3.63, 3.8) is 0 Å². The Labute approximate surface area is 144 Å². The third kappa shape index (κ3) is 3.89. The third-order valence-corrected chi connectivity index (χ3v) is 5.25. The SMILES string of the molecule is COCCN(CC1CC=CCC1)C(=O)C1CCCc2nn(C)cc21. The van der Waals surface area contributed by atoms with E-state index in [0.717, 1.165) is 49.9 Å². The number of methoxy groups -OCH3 is 1. The number of carbonyl (C=O) groups excluding carboxylic acids is 1. The van der Waals surface area contributed by atoms with Crippen LogP contribution in [0.4, 0.5) is 0 Å². The summed E-state index contributed by atoms with van der Waals surface area (Å²) in [4.78, 5) is 15.3. The number of aromatic nitrogens is 2. The largest absolute Gasteiger partial charge is 0.383 e. The minimum absolute atomic E-state index is 0.0292. The van der Waals surface area contributed by atoms with Crippen molar-refractivity contribution in [1.82, 2.24) is 14.7 Å². The second-order valence-electron chi connectivity index (χ2n) is 7.08.